The van der Waals surface area contributed by atoms with E-state index >= 15 is 0 Å². The van der Waals surface area contributed by atoms with Crippen molar-refractivity contribution >= 4 is 16.9 Å². The van der Waals surface area contributed by atoms with Crippen LogP contribution in [0.5, 0.6) is 0 Å². The van der Waals surface area contributed by atoms with E-state index in [1.54, 1.807) is 18.7 Å². The Bertz CT molecular complexity index is 706. The van der Waals surface area contributed by atoms with Gasteiger partial charge in [-0.05, 0) is 17.5 Å². The fraction of sp³-hybridized carbons (Fsp3) is 0.333. The van der Waals surface area contributed by atoms with Gasteiger partial charge in [-0.3, -0.25) is 4.79 Å². The van der Waals surface area contributed by atoms with Gasteiger partial charge in [-0.2, -0.15) is 0 Å². The van der Waals surface area contributed by atoms with Gasteiger partial charge in [0.1, 0.15) is 0 Å². The lowest BCUT2D eigenvalue weighted by Crippen LogP contribution is -2.34. The Morgan fingerprint density at radius 1 is 1.43 bits per heavy atom. The first-order valence-electron chi connectivity index (χ1n) is 6.74. The number of nitrogens with one attached hydrogen (secondary N) is 1. The van der Waals surface area contributed by atoms with Crippen molar-refractivity contribution in [3.05, 3.63) is 46.2 Å². The lowest BCUT2D eigenvalue weighted by atomic mass is 10.1. The van der Waals surface area contributed by atoms with Crippen molar-refractivity contribution < 1.29 is 4.74 Å². The highest BCUT2D eigenvalue weighted by molar-refractivity contribution is 5.80. The Hall–Kier alpha value is -2.34. The van der Waals surface area contributed by atoms with Crippen LogP contribution < -0.4 is 16.6 Å². The highest BCUT2D eigenvalue weighted by atomic mass is 16.5. The van der Waals surface area contributed by atoms with Crippen LogP contribution in [-0.4, -0.2) is 30.8 Å². The van der Waals surface area contributed by atoms with E-state index in [0.717, 1.165) is 10.9 Å². The SMILES string of the molecule is COCCNC(N)=NCc1cc2ccccc2n(C)c1=O. The quantitative estimate of drug-likeness (QED) is 0.479. The number of rotatable bonds is 5. The number of aryl methyl sites for hydroxylation is 1. The minimum absolute atomic E-state index is 0.0536. The van der Waals surface area contributed by atoms with Gasteiger partial charge in [0.25, 0.3) is 5.56 Å². The molecule has 0 saturated carbocycles. The average Bonchev–Trinajstić information content (AvgIpc) is 2.50. The predicted octanol–water partition coefficient (Wildman–Crippen LogP) is 0.589. The number of hydrogen-bond donors (Lipinski definition) is 2. The Morgan fingerprint density at radius 2 is 2.19 bits per heavy atom. The van der Waals surface area contributed by atoms with Gasteiger partial charge in [-0.1, -0.05) is 18.2 Å². The molecule has 2 rings (SSSR count). The van der Waals surface area contributed by atoms with Gasteiger partial charge in [0.15, 0.2) is 5.96 Å². The minimum Gasteiger partial charge on any atom is -0.383 e. The summed E-state index contributed by atoms with van der Waals surface area (Å²) in [6.07, 6.45) is 0. The molecule has 1 aromatic carbocycles. The third-order valence-electron chi connectivity index (χ3n) is 3.24. The van der Waals surface area contributed by atoms with E-state index in [-0.39, 0.29) is 12.1 Å². The van der Waals surface area contributed by atoms with Crippen molar-refractivity contribution in [1.29, 1.82) is 0 Å². The zero-order valence-electron chi connectivity index (χ0n) is 12.3. The molecule has 0 saturated heterocycles. The lowest BCUT2D eigenvalue weighted by Gasteiger charge is -2.08. The summed E-state index contributed by atoms with van der Waals surface area (Å²) in [5, 5.41) is 3.93. The van der Waals surface area contributed by atoms with Gasteiger partial charge in [-0.15, -0.1) is 0 Å². The normalized spacial score (nSPS) is 11.8. The first-order chi connectivity index (χ1) is 10.1. The highest BCUT2D eigenvalue weighted by Gasteiger charge is 2.05. The van der Waals surface area contributed by atoms with E-state index in [4.69, 9.17) is 10.5 Å². The maximum atomic E-state index is 12.3. The minimum atomic E-state index is -0.0536. The summed E-state index contributed by atoms with van der Waals surface area (Å²) >= 11 is 0. The van der Waals surface area contributed by atoms with Crippen molar-refractivity contribution in [2.24, 2.45) is 17.8 Å². The van der Waals surface area contributed by atoms with Crippen molar-refractivity contribution in [2.45, 2.75) is 6.54 Å². The number of aromatic nitrogens is 1. The van der Waals surface area contributed by atoms with Crippen LogP contribution in [0.4, 0.5) is 0 Å². The molecule has 3 N–H and O–H groups in total. The smallest absolute Gasteiger partial charge is 0.255 e. The van der Waals surface area contributed by atoms with E-state index in [9.17, 15) is 4.79 Å². The summed E-state index contributed by atoms with van der Waals surface area (Å²) < 4.78 is 6.55. The molecule has 0 aliphatic carbocycles. The van der Waals surface area contributed by atoms with Gasteiger partial charge < -0.3 is 20.4 Å². The van der Waals surface area contributed by atoms with Gasteiger partial charge in [0.05, 0.1) is 18.7 Å². The third-order valence-corrected chi connectivity index (χ3v) is 3.24. The molecule has 6 nitrogen and oxygen atoms in total. The highest BCUT2D eigenvalue weighted by Crippen LogP contribution is 2.12. The Balaban J connectivity index is 2.21. The molecule has 6 heteroatoms. The second-order valence-electron chi connectivity index (χ2n) is 4.71. The number of nitrogens with two attached hydrogens (primary N) is 1. The number of methoxy groups -OCH3 is 1. The predicted molar refractivity (Wildman–Crippen MR) is 84.4 cm³/mol. The van der Waals surface area contributed by atoms with Crippen molar-refractivity contribution in [3.63, 3.8) is 0 Å². The topological polar surface area (TPSA) is 81.6 Å². The van der Waals surface area contributed by atoms with Crippen LogP contribution in [0.2, 0.25) is 0 Å². The van der Waals surface area contributed by atoms with E-state index in [0.29, 0.717) is 24.7 Å². The van der Waals surface area contributed by atoms with E-state index in [1.807, 2.05) is 30.3 Å². The molecule has 0 fully saturated rings. The Morgan fingerprint density at radius 3 is 2.95 bits per heavy atom. The first-order valence-corrected chi connectivity index (χ1v) is 6.74. The number of guanidine groups is 1. The molecule has 0 radical (unpaired) electrons. The molecule has 112 valence electrons. The van der Waals surface area contributed by atoms with Crippen LogP contribution in [0, 0.1) is 0 Å². The summed E-state index contributed by atoms with van der Waals surface area (Å²) in [5.74, 6) is 0.308. The molecule has 1 heterocycles. The Kier molecular flexibility index (Phi) is 4.94. The second kappa shape index (κ2) is 6.90. The van der Waals surface area contributed by atoms with Crippen molar-refractivity contribution in [2.75, 3.05) is 20.3 Å². The largest absolute Gasteiger partial charge is 0.383 e. The van der Waals surface area contributed by atoms with Crippen LogP contribution in [0.1, 0.15) is 5.56 Å². The molecule has 2 aromatic rings. The Labute approximate surface area is 123 Å². The van der Waals surface area contributed by atoms with E-state index in [1.165, 1.54) is 0 Å². The van der Waals surface area contributed by atoms with Gasteiger partial charge in [-0.25, -0.2) is 4.99 Å². The zero-order valence-corrected chi connectivity index (χ0v) is 12.3. The standard InChI is InChI=1S/C15H20N4O2/c1-19-13-6-4-3-5-11(13)9-12(14(19)20)10-18-15(16)17-7-8-21-2/h3-6,9H,7-8,10H2,1-2H3,(H3,16,17,18). The molecule has 0 amide bonds. The molecule has 0 aliphatic rings. The van der Waals surface area contributed by atoms with Gasteiger partial charge in [0.2, 0.25) is 0 Å². The van der Waals surface area contributed by atoms with Crippen LogP contribution in [0.25, 0.3) is 10.9 Å². The fourth-order valence-electron chi connectivity index (χ4n) is 2.11. The van der Waals surface area contributed by atoms with Gasteiger partial charge in [0, 0.05) is 26.3 Å². The average molecular weight is 288 g/mol. The maximum Gasteiger partial charge on any atom is 0.255 e. The molecule has 0 atom stereocenters. The molecule has 1 aromatic heterocycles. The number of ether oxygens (including phenoxy) is 1. The molecular formula is C15H20N4O2. The molecule has 0 bridgehead atoms. The molecule has 0 spiro atoms. The molecule has 21 heavy (non-hydrogen) atoms. The van der Waals surface area contributed by atoms with Crippen LogP contribution in [-0.2, 0) is 18.3 Å². The third kappa shape index (κ3) is 3.61. The summed E-state index contributed by atoms with van der Waals surface area (Å²) in [7, 11) is 3.38. The summed E-state index contributed by atoms with van der Waals surface area (Å²) in [4.78, 5) is 16.5. The summed E-state index contributed by atoms with van der Waals surface area (Å²) in [6, 6.07) is 9.62. The maximum absolute atomic E-state index is 12.3. The van der Waals surface area contributed by atoms with Crippen molar-refractivity contribution in [1.82, 2.24) is 9.88 Å². The number of pyridine rings is 1. The number of benzene rings is 1. The van der Waals surface area contributed by atoms with Crippen LogP contribution >= 0.6 is 0 Å². The lowest BCUT2D eigenvalue weighted by molar-refractivity contribution is 0.204. The number of fused-ring (bicyclic) bond motifs is 1. The van der Waals surface area contributed by atoms with Crippen LogP contribution in [0.15, 0.2) is 40.1 Å². The van der Waals surface area contributed by atoms with Gasteiger partial charge >= 0.3 is 0 Å². The van der Waals surface area contributed by atoms with Crippen LogP contribution in [0.3, 0.4) is 0 Å². The second-order valence-corrected chi connectivity index (χ2v) is 4.71. The van der Waals surface area contributed by atoms with E-state index < -0.39 is 0 Å². The summed E-state index contributed by atoms with van der Waals surface area (Å²) in [6.45, 7) is 1.39. The fourth-order valence-corrected chi connectivity index (χ4v) is 2.11. The molecular weight excluding hydrogens is 268 g/mol. The number of nitrogens with zero attached hydrogens (tertiary/aromatic N) is 2. The number of para-hydroxylation sites is 1. The molecule has 0 aliphatic heterocycles. The first kappa shape index (κ1) is 15.1. The summed E-state index contributed by atoms with van der Waals surface area (Å²) in [5.41, 5.74) is 7.21. The number of aliphatic imine (C=N–C) groups is 1. The van der Waals surface area contributed by atoms with E-state index in [2.05, 4.69) is 10.3 Å². The molecule has 0 unspecified atom stereocenters. The van der Waals surface area contributed by atoms with Crippen molar-refractivity contribution in [3.8, 4) is 0 Å². The number of hydrogen-bond acceptors (Lipinski definition) is 3. The zero-order chi connectivity index (χ0) is 15.2. The monoisotopic (exact) mass is 288 g/mol.